The average Bonchev–Trinajstić information content (AvgIpc) is 3.78. The van der Waals surface area contributed by atoms with Crippen LogP contribution in [-0.4, -0.2) is 33.1 Å². The van der Waals surface area contributed by atoms with Gasteiger partial charge in [-0.3, -0.25) is 14.5 Å². The fourth-order valence-electron chi connectivity index (χ4n) is 5.70. The number of halogens is 1. The van der Waals surface area contributed by atoms with Crippen molar-refractivity contribution < 1.29 is 24.2 Å². The molecule has 47 heavy (non-hydrogen) atoms. The minimum Gasteiger partial charge on any atom is -0.507 e. The van der Waals surface area contributed by atoms with Gasteiger partial charge in [-0.25, -0.2) is 0 Å². The van der Waals surface area contributed by atoms with Crippen molar-refractivity contribution in [1.29, 1.82) is 0 Å². The van der Waals surface area contributed by atoms with Crippen LogP contribution in [0.15, 0.2) is 107 Å². The number of aromatic nitrogens is 2. The zero-order chi connectivity index (χ0) is 32.5. The number of ether oxygens (including phenoxy) is 2. The first-order valence-corrected chi connectivity index (χ1v) is 17.1. The predicted octanol–water partition coefficient (Wildman–Crippen LogP) is 8.01. The molecular weight excluding hydrogens is 654 g/mol. The van der Waals surface area contributed by atoms with E-state index in [9.17, 15) is 14.7 Å². The molecule has 2 atom stereocenters. The number of carbonyl (C=O) groups excluding carboxylic acids is 2. The Balaban J connectivity index is 1.26. The molecule has 4 aromatic carbocycles. The van der Waals surface area contributed by atoms with Gasteiger partial charge in [-0.2, -0.15) is 0 Å². The monoisotopic (exact) mass is 681 g/mol. The molecule has 2 aliphatic rings. The van der Waals surface area contributed by atoms with Crippen molar-refractivity contribution in [3.8, 4) is 11.5 Å². The van der Waals surface area contributed by atoms with Crippen molar-refractivity contribution in [2.45, 2.75) is 42.2 Å². The van der Waals surface area contributed by atoms with Crippen molar-refractivity contribution in [1.82, 2.24) is 10.2 Å². The molecule has 0 radical (unpaired) electrons. The number of aliphatic hydroxyl groups excluding tert-OH is 1. The van der Waals surface area contributed by atoms with Crippen molar-refractivity contribution in [2.24, 2.45) is 0 Å². The fraction of sp³-hybridized carbons (Fsp3) is 0.167. The van der Waals surface area contributed by atoms with E-state index in [1.807, 2.05) is 73.7 Å². The summed E-state index contributed by atoms with van der Waals surface area (Å²) in [4.78, 5) is 28.9. The summed E-state index contributed by atoms with van der Waals surface area (Å²) in [6, 6.07) is 28.8. The fourth-order valence-corrected chi connectivity index (χ4v) is 7.85. The summed E-state index contributed by atoms with van der Waals surface area (Å²) in [5, 5.41) is 21.3. The van der Waals surface area contributed by atoms with Gasteiger partial charge in [-0.15, -0.1) is 10.2 Å². The van der Waals surface area contributed by atoms with Gasteiger partial charge in [-0.05, 0) is 65.6 Å². The van der Waals surface area contributed by atoms with E-state index in [1.54, 1.807) is 30.3 Å². The van der Waals surface area contributed by atoms with Crippen LogP contribution < -0.4 is 14.4 Å². The number of benzene rings is 4. The highest BCUT2D eigenvalue weighted by Crippen LogP contribution is 2.45. The first-order chi connectivity index (χ1) is 22.9. The number of rotatable bonds is 9. The summed E-state index contributed by atoms with van der Waals surface area (Å²) in [5.41, 5.74) is 3.83. The van der Waals surface area contributed by atoms with Crippen LogP contribution >= 0.6 is 34.7 Å². The van der Waals surface area contributed by atoms with Gasteiger partial charge >= 0.3 is 5.91 Å². The van der Waals surface area contributed by atoms with Gasteiger partial charge in [0, 0.05) is 22.8 Å². The molecule has 3 heterocycles. The average molecular weight is 682 g/mol. The zero-order valence-electron chi connectivity index (χ0n) is 25.1. The third-order valence-electron chi connectivity index (χ3n) is 7.95. The highest BCUT2D eigenvalue weighted by molar-refractivity contribution is 8.00. The van der Waals surface area contributed by atoms with Gasteiger partial charge in [0.15, 0.2) is 4.34 Å². The largest absolute Gasteiger partial charge is 0.507 e. The zero-order valence-corrected chi connectivity index (χ0v) is 27.5. The molecule has 7 rings (SSSR count). The standard InChI is InChI=1S/C36H28ClN3O5S2/c1-21-16-26-17-24(14-15-29(26)45-21)32(41)30-31(23-11-7-12-27(18-23)44-19-22-8-3-2-4-9-22)40(34(43)33(30)42)35-38-39-36(47-35)46-20-25-10-5-6-13-28(25)37/h2-15,17-18,21,31,41H,16,19-20H2,1H3/b32-30+. The molecule has 8 nitrogen and oxygen atoms in total. The number of hydrogen-bond donors (Lipinski definition) is 1. The Morgan fingerprint density at radius 3 is 2.66 bits per heavy atom. The lowest BCUT2D eigenvalue weighted by molar-refractivity contribution is -0.132. The molecule has 1 amide bonds. The van der Waals surface area contributed by atoms with E-state index in [0.29, 0.717) is 45.0 Å². The Labute approximate surface area is 284 Å². The number of thioether (sulfide) groups is 1. The second-order valence-electron chi connectivity index (χ2n) is 11.2. The second-order valence-corrected chi connectivity index (χ2v) is 13.8. The highest BCUT2D eigenvalue weighted by atomic mass is 35.5. The van der Waals surface area contributed by atoms with Gasteiger partial charge in [0.25, 0.3) is 5.78 Å². The van der Waals surface area contributed by atoms with Crippen LogP contribution in [-0.2, 0) is 28.4 Å². The molecule has 1 fully saturated rings. The van der Waals surface area contributed by atoms with Crippen LogP contribution in [0, 0.1) is 0 Å². The van der Waals surface area contributed by atoms with E-state index in [1.165, 1.54) is 28.0 Å². The lowest BCUT2D eigenvalue weighted by atomic mass is 9.94. The Morgan fingerprint density at radius 1 is 1.02 bits per heavy atom. The Morgan fingerprint density at radius 2 is 1.83 bits per heavy atom. The van der Waals surface area contributed by atoms with Gasteiger partial charge in [0.05, 0.1) is 11.6 Å². The third-order valence-corrected chi connectivity index (χ3v) is 10.4. The molecule has 0 aliphatic carbocycles. The topological polar surface area (TPSA) is 102 Å². The van der Waals surface area contributed by atoms with Crippen LogP contribution in [0.1, 0.15) is 40.8 Å². The van der Waals surface area contributed by atoms with Gasteiger partial charge < -0.3 is 14.6 Å². The lowest BCUT2D eigenvalue weighted by Crippen LogP contribution is -2.29. The quantitative estimate of drug-likeness (QED) is 0.0549. The number of nitrogens with zero attached hydrogens (tertiary/aromatic N) is 3. The van der Waals surface area contributed by atoms with Gasteiger partial charge in [-0.1, -0.05) is 95.4 Å². The van der Waals surface area contributed by atoms with E-state index in [0.717, 1.165) is 22.4 Å². The van der Waals surface area contributed by atoms with E-state index in [-0.39, 0.29) is 22.6 Å². The minimum atomic E-state index is -0.979. The lowest BCUT2D eigenvalue weighted by Gasteiger charge is -2.23. The molecule has 2 unspecified atom stereocenters. The van der Waals surface area contributed by atoms with E-state index < -0.39 is 17.7 Å². The number of ketones is 1. The number of aliphatic hydroxyl groups is 1. The number of fused-ring (bicyclic) bond motifs is 1. The molecular formula is C36H28ClN3O5S2. The summed E-state index contributed by atoms with van der Waals surface area (Å²) in [6.45, 7) is 2.31. The summed E-state index contributed by atoms with van der Waals surface area (Å²) >= 11 is 8.97. The van der Waals surface area contributed by atoms with Crippen LogP contribution in [0.3, 0.4) is 0 Å². The molecule has 0 saturated carbocycles. The first-order valence-electron chi connectivity index (χ1n) is 14.9. The molecule has 1 aromatic heterocycles. The maximum absolute atomic E-state index is 13.8. The number of hydrogen-bond acceptors (Lipinski definition) is 9. The Hall–Kier alpha value is -4.64. The molecule has 11 heteroatoms. The van der Waals surface area contributed by atoms with Crippen LogP contribution in [0.25, 0.3) is 5.76 Å². The minimum absolute atomic E-state index is 0.00832. The summed E-state index contributed by atoms with van der Waals surface area (Å²) < 4.78 is 12.5. The van der Waals surface area contributed by atoms with Crippen LogP contribution in [0.2, 0.25) is 5.02 Å². The van der Waals surface area contributed by atoms with Gasteiger partial charge in [0.2, 0.25) is 5.13 Å². The normalized spacial score (nSPS) is 18.3. The number of anilines is 1. The molecule has 0 bridgehead atoms. The predicted molar refractivity (Wildman–Crippen MR) is 183 cm³/mol. The van der Waals surface area contributed by atoms with Crippen molar-refractivity contribution in [3.05, 3.63) is 135 Å². The number of carbonyl (C=O) groups is 2. The van der Waals surface area contributed by atoms with Crippen LogP contribution in [0.4, 0.5) is 5.13 Å². The Bertz CT molecular complexity index is 2010. The van der Waals surface area contributed by atoms with Crippen molar-refractivity contribution >= 4 is 57.3 Å². The smallest absolute Gasteiger partial charge is 0.301 e. The molecule has 2 aliphatic heterocycles. The summed E-state index contributed by atoms with van der Waals surface area (Å²) in [5.74, 6) is -0.0406. The molecule has 1 N–H and O–H groups in total. The maximum atomic E-state index is 13.8. The third kappa shape index (κ3) is 6.36. The first kappa shape index (κ1) is 31.0. The number of amides is 1. The SMILES string of the molecule is CC1Cc2cc(/C(O)=C3\C(=O)C(=O)N(c4nnc(SCc5ccccc5Cl)s4)C3c3cccc(OCc4ccccc4)c3)ccc2O1. The number of Topliss-reactive ketones (excluding diaryl/α,β-unsaturated/α-hetero) is 1. The maximum Gasteiger partial charge on any atom is 0.301 e. The Kier molecular flexibility index (Phi) is 8.72. The molecule has 1 saturated heterocycles. The van der Waals surface area contributed by atoms with Crippen molar-refractivity contribution in [2.75, 3.05) is 4.90 Å². The van der Waals surface area contributed by atoms with E-state index in [2.05, 4.69) is 10.2 Å². The second kappa shape index (κ2) is 13.2. The van der Waals surface area contributed by atoms with E-state index >= 15 is 0 Å². The molecule has 5 aromatic rings. The summed E-state index contributed by atoms with van der Waals surface area (Å²) in [6.07, 6.45) is 0.683. The molecule has 0 spiro atoms. The van der Waals surface area contributed by atoms with Crippen LogP contribution in [0.5, 0.6) is 11.5 Å². The van der Waals surface area contributed by atoms with Crippen molar-refractivity contribution in [3.63, 3.8) is 0 Å². The molecule has 236 valence electrons. The highest BCUT2D eigenvalue weighted by Gasteiger charge is 2.48. The summed E-state index contributed by atoms with van der Waals surface area (Å²) in [7, 11) is 0. The van der Waals surface area contributed by atoms with E-state index in [4.69, 9.17) is 21.1 Å². The van der Waals surface area contributed by atoms with Gasteiger partial charge in [0.1, 0.15) is 30.0 Å².